The van der Waals surface area contributed by atoms with E-state index in [9.17, 15) is 4.79 Å². The summed E-state index contributed by atoms with van der Waals surface area (Å²) in [6.07, 6.45) is 3.67. The molecule has 3 aromatic rings. The van der Waals surface area contributed by atoms with Crippen molar-refractivity contribution in [2.45, 2.75) is 25.4 Å². The molecule has 2 aromatic heterocycles. The van der Waals surface area contributed by atoms with Crippen LogP contribution in [-0.2, 0) is 13.6 Å². The Kier molecular flexibility index (Phi) is 3.42. The molecule has 1 aliphatic heterocycles. The highest BCUT2D eigenvalue weighted by Gasteiger charge is 2.30. The maximum absolute atomic E-state index is 12.6. The summed E-state index contributed by atoms with van der Waals surface area (Å²) in [6, 6.07) is 7.59. The smallest absolute Gasteiger partial charge is 0.261 e. The van der Waals surface area contributed by atoms with Crippen molar-refractivity contribution in [1.29, 1.82) is 0 Å². The zero-order chi connectivity index (χ0) is 15.8. The second kappa shape index (κ2) is 5.58. The number of hydrogen-bond donors (Lipinski definition) is 0. The van der Waals surface area contributed by atoms with Gasteiger partial charge in [-0.2, -0.15) is 0 Å². The number of benzene rings is 1. The Hall–Kier alpha value is -2.54. The summed E-state index contributed by atoms with van der Waals surface area (Å²) in [6.45, 7) is 1.59. The van der Waals surface area contributed by atoms with Gasteiger partial charge in [0.25, 0.3) is 5.56 Å². The number of para-hydroxylation sites is 1. The molecule has 3 heterocycles. The van der Waals surface area contributed by atoms with Gasteiger partial charge >= 0.3 is 0 Å². The van der Waals surface area contributed by atoms with E-state index in [1.165, 1.54) is 0 Å². The maximum Gasteiger partial charge on any atom is 0.261 e. The van der Waals surface area contributed by atoms with Crippen LogP contribution in [0, 0.1) is 0 Å². The van der Waals surface area contributed by atoms with Crippen LogP contribution in [0.1, 0.15) is 30.4 Å². The summed E-state index contributed by atoms with van der Waals surface area (Å²) in [5, 5.41) is 8.19. The lowest BCUT2D eigenvalue weighted by Gasteiger charge is -2.24. The van der Waals surface area contributed by atoms with Crippen molar-refractivity contribution in [2.24, 2.45) is 7.05 Å². The molecule has 0 aliphatic carbocycles. The predicted molar refractivity (Wildman–Crippen MR) is 83.7 cm³/mol. The third-order valence-corrected chi connectivity index (χ3v) is 4.45. The molecule has 118 valence electrons. The summed E-state index contributed by atoms with van der Waals surface area (Å²) in [4.78, 5) is 19.6. The maximum atomic E-state index is 12.6. The number of nitrogens with zero attached hydrogens (tertiary/aromatic N) is 5. The first kappa shape index (κ1) is 14.1. The van der Waals surface area contributed by atoms with Crippen LogP contribution in [-0.4, -0.2) is 31.3 Å². The minimum atomic E-state index is 0.000512. The van der Waals surface area contributed by atoms with Crippen molar-refractivity contribution in [3.8, 4) is 0 Å². The van der Waals surface area contributed by atoms with Crippen molar-refractivity contribution < 1.29 is 4.63 Å². The van der Waals surface area contributed by atoms with Crippen LogP contribution in [0.4, 0.5) is 0 Å². The van der Waals surface area contributed by atoms with Crippen LogP contribution in [0.25, 0.3) is 10.9 Å². The molecule has 0 amide bonds. The van der Waals surface area contributed by atoms with Crippen molar-refractivity contribution in [2.75, 3.05) is 6.54 Å². The topological polar surface area (TPSA) is 77.1 Å². The van der Waals surface area contributed by atoms with E-state index in [0.29, 0.717) is 11.9 Å². The third kappa shape index (κ3) is 2.43. The second-order valence-electron chi connectivity index (χ2n) is 5.88. The fraction of sp³-hybridized carbons (Fsp3) is 0.375. The average Bonchev–Trinajstić information content (AvgIpc) is 3.23. The van der Waals surface area contributed by atoms with E-state index in [2.05, 4.69) is 19.8 Å². The van der Waals surface area contributed by atoms with Gasteiger partial charge in [-0.25, -0.2) is 9.61 Å². The molecule has 0 radical (unpaired) electrons. The number of rotatable bonds is 3. The summed E-state index contributed by atoms with van der Waals surface area (Å²) in [7, 11) is 1.80. The summed E-state index contributed by atoms with van der Waals surface area (Å²) < 4.78 is 6.34. The Bertz CT molecular complexity index is 887. The first-order chi connectivity index (χ1) is 11.2. The predicted octanol–water partition coefficient (Wildman–Crippen LogP) is 1.65. The molecule has 7 nitrogen and oxygen atoms in total. The first-order valence-corrected chi connectivity index (χ1v) is 7.70. The minimum absolute atomic E-state index is 0.000512. The quantitative estimate of drug-likeness (QED) is 0.732. The number of hydrogen-bond acceptors (Lipinski definition) is 6. The fourth-order valence-corrected chi connectivity index (χ4v) is 3.30. The zero-order valence-corrected chi connectivity index (χ0v) is 12.8. The van der Waals surface area contributed by atoms with Crippen LogP contribution in [0.3, 0.4) is 0 Å². The number of aromatic nitrogens is 4. The van der Waals surface area contributed by atoms with Gasteiger partial charge < -0.3 is 0 Å². The van der Waals surface area contributed by atoms with Crippen molar-refractivity contribution >= 4 is 10.9 Å². The van der Waals surface area contributed by atoms with Gasteiger partial charge in [0.05, 0.1) is 23.1 Å². The van der Waals surface area contributed by atoms with Gasteiger partial charge in [0, 0.05) is 13.6 Å². The molecular formula is C16H17N5O2. The molecule has 0 N–H and O–H groups in total. The zero-order valence-electron chi connectivity index (χ0n) is 12.8. The van der Waals surface area contributed by atoms with Gasteiger partial charge in [0.2, 0.25) is 0 Å². The molecule has 1 fully saturated rings. The lowest BCUT2D eigenvalue weighted by molar-refractivity contribution is 0.224. The van der Waals surface area contributed by atoms with E-state index < -0.39 is 0 Å². The average molecular weight is 311 g/mol. The standard InChI is InChI=1S/C16H17N5O2/c1-20-15(18-13-6-3-2-5-12(13)16(20)22)14-7-4-8-21(14)10-11-9-17-23-19-11/h2-3,5-6,9,14H,4,7-8,10H2,1H3. The van der Waals surface area contributed by atoms with Crippen molar-refractivity contribution in [3.63, 3.8) is 0 Å². The van der Waals surface area contributed by atoms with Crippen molar-refractivity contribution in [1.82, 2.24) is 24.8 Å². The van der Waals surface area contributed by atoms with Crippen LogP contribution < -0.4 is 5.56 Å². The molecule has 1 atom stereocenters. The molecule has 1 saturated heterocycles. The Labute approximate surface area is 132 Å². The van der Waals surface area contributed by atoms with Gasteiger partial charge in [0.1, 0.15) is 11.5 Å². The summed E-state index contributed by atoms with van der Waals surface area (Å²) in [5.41, 5.74) is 1.55. The molecule has 1 unspecified atom stereocenters. The molecule has 0 spiro atoms. The second-order valence-corrected chi connectivity index (χ2v) is 5.88. The van der Waals surface area contributed by atoms with E-state index >= 15 is 0 Å². The van der Waals surface area contributed by atoms with Crippen LogP contribution >= 0.6 is 0 Å². The lowest BCUT2D eigenvalue weighted by atomic mass is 10.1. The largest absolute Gasteiger partial charge is 0.298 e. The van der Waals surface area contributed by atoms with Crippen LogP contribution in [0.15, 0.2) is 39.9 Å². The molecule has 1 aromatic carbocycles. The number of likely N-dealkylation sites (tertiary alicyclic amines) is 1. The normalized spacial score (nSPS) is 18.7. The van der Waals surface area contributed by atoms with Gasteiger partial charge in [-0.05, 0) is 31.5 Å². The van der Waals surface area contributed by atoms with E-state index in [-0.39, 0.29) is 11.6 Å². The molecule has 4 rings (SSSR count). The molecule has 7 heteroatoms. The summed E-state index contributed by atoms with van der Waals surface area (Å²) in [5.74, 6) is 0.808. The molecule has 1 aliphatic rings. The Morgan fingerprint density at radius 2 is 2.22 bits per heavy atom. The highest BCUT2D eigenvalue weighted by molar-refractivity contribution is 5.77. The number of fused-ring (bicyclic) bond motifs is 1. The summed E-state index contributed by atoms with van der Waals surface area (Å²) >= 11 is 0. The van der Waals surface area contributed by atoms with E-state index in [1.54, 1.807) is 17.8 Å². The molecule has 0 saturated carbocycles. The lowest BCUT2D eigenvalue weighted by Crippen LogP contribution is -2.30. The fourth-order valence-electron chi connectivity index (χ4n) is 3.30. The van der Waals surface area contributed by atoms with Gasteiger partial charge in [-0.1, -0.05) is 22.4 Å². The monoisotopic (exact) mass is 311 g/mol. The van der Waals surface area contributed by atoms with Gasteiger partial charge in [-0.15, -0.1) is 0 Å². The third-order valence-electron chi connectivity index (χ3n) is 4.45. The highest BCUT2D eigenvalue weighted by atomic mass is 16.6. The first-order valence-electron chi connectivity index (χ1n) is 7.70. The molecule has 0 bridgehead atoms. The minimum Gasteiger partial charge on any atom is -0.298 e. The molecular weight excluding hydrogens is 294 g/mol. The van der Waals surface area contributed by atoms with E-state index in [0.717, 1.165) is 36.4 Å². The Balaban J connectivity index is 1.75. The highest BCUT2D eigenvalue weighted by Crippen LogP contribution is 2.31. The van der Waals surface area contributed by atoms with Gasteiger partial charge in [-0.3, -0.25) is 14.3 Å². The van der Waals surface area contributed by atoms with E-state index in [4.69, 9.17) is 4.98 Å². The van der Waals surface area contributed by atoms with Crippen LogP contribution in [0.2, 0.25) is 0 Å². The Morgan fingerprint density at radius 3 is 3.04 bits per heavy atom. The Morgan fingerprint density at radius 1 is 1.35 bits per heavy atom. The van der Waals surface area contributed by atoms with Gasteiger partial charge in [0.15, 0.2) is 0 Å². The van der Waals surface area contributed by atoms with E-state index in [1.807, 2.05) is 24.3 Å². The van der Waals surface area contributed by atoms with Crippen molar-refractivity contribution in [3.05, 3.63) is 52.3 Å². The molecule has 23 heavy (non-hydrogen) atoms. The SMILES string of the molecule is Cn1c(C2CCCN2Cc2cnon2)nc2ccccc2c1=O. The van der Waals surface area contributed by atoms with Crippen LogP contribution in [0.5, 0.6) is 0 Å².